The van der Waals surface area contributed by atoms with Gasteiger partial charge >= 0.3 is 0 Å². The van der Waals surface area contributed by atoms with Gasteiger partial charge in [0, 0.05) is 5.71 Å². The van der Waals surface area contributed by atoms with Crippen molar-refractivity contribution < 1.29 is 8.42 Å². The average Bonchev–Trinajstić information content (AvgIpc) is 2.54. The van der Waals surface area contributed by atoms with Crippen molar-refractivity contribution in [2.75, 3.05) is 5.75 Å². The minimum Gasteiger partial charge on any atom is -0.254 e. The van der Waals surface area contributed by atoms with Gasteiger partial charge in [-0.15, -0.1) is 0 Å². The highest BCUT2D eigenvalue weighted by Crippen LogP contribution is 2.14. The van der Waals surface area contributed by atoms with Crippen LogP contribution in [0.5, 0.6) is 0 Å². The second-order valence-corrected chi connectivity index (χ2v) is 7.05. The molecule has 0 heterocycles. The van der Waals surface area contributed by atoms with Gasteiger partial charge in [-0.05, 0) is 43.7 Å². The summed E-state index contributed by atoms with van der Waals surface area (Å²) in [5.74, 6) is -0.0233. The van der Waals surface area contributed by atoms with E-state index in [1.807, 2.05) is 44.2 Å². The smallest absolute Gasteiger partial charge is 0.181 e. The summed E-state index contributed by atoms with van der Waals surface area (Å²) in [4.78, 5) is 4.83. The summed E-state index contributed by atoms with van der Waals surface area (Å²) >= 11 is 0. The monoisotopic (exact) mass is 313 g/mol. The first kappa shape index (κ1) is 16.2. The van der Waals surface area contributed by atoms with Crippen LogP contribution in [0, 0.1) is 0 Å². The Morgan fingerprint density at radius 1 is 0.955 bits per heavy atom. The van der Waals surface area contributed by atoms with E-state index < -0.39 is 9.84 Å². The Balaban J connectivity index is 2.14. The highest BCUT2D eigenvalue weighted by molar-refractivity contribution is 7.91. The lowest BCUT2D eigenvalue weighted by Gasteiger charge is -2.04. The second kappa shape index (κ2) is 7.18. The second-order valence-electron chi connectivity index (χ2n) is 5.01. The zero-order valence-corrected chi connectivity index (χ0v) is 13.5. The van der Waals surface area contributed by atoms with Gasteiger partial charge in [-0.1, -0.05) is 42.5 Å². The number of rotatable bonds is 5. The number of sulfone groups is 1. The lowest BCUT2D eigenvalue weighted by molar-refractivity contribution is 0.599. The van der Waals surface area contributed by atoms with E-state index in [1.54, 1.807) is 36.4 Å². The van der Waals surface area contributed by atoms with Gasteiger partial charge in [-0.3, -0.25) is 4.99 Å². The number of hydrogen-bond donors (Lipinski definition) is 0. The van der Waals surface area contributed by atoms with Crippen LogP contribution in [0.2, 0.25) is 0 Å². The fourth-order valence-corrected chi connectivity index (χ4v) is 3.12. The van der Waals surface area contributed by atoms with Gasteiger partial charge in [0.1, 0.15) is 0 Å². The topological polar surface area (TPSA) is 46.5 Å². The van der Waals surface area contributed by atoms with E-state index in [9.17, 15) is 8.42 Å². The van der Waals surface area contributed by atoms with Gasteiger partial charge in [-0.25, -0.2) is 8.42 Å². The van der Waals surface area contributed by atoms with Crippen molar-refractivity contribution in [3.8, 4) is 0 Å². The van der Waals surface area contributed by atoms with Crippen molar-refractivity contribution in [2.45, 2.75) is 18.7 Å². The van der Waals surface area contributed by atoms with Crippen molar-refractivity contribution in [3.05, 3.63) is 72.3 Å². The molecule has 0 bridgehead atoms. The molecule has 0 saturated heterocycles. The van der Waals surface area contributed by atoms with E-state index >= 15 is 0 Å². The van der Waals surface area contributed by atoms with Crippen molar-refractivity contribution >= 4 is 21.2 Å². The maximum atomic E-state index is 12.2. The molecule has 0 spiro atoms. The van der Waals surface area contributed by atoms with Gasteiger partial charge in [0.05, 0.1) is 16.3 Å². The molecule has 0 fully saturated rings. The molecule has 0 aliphatic carbocycles. The molecular weight excluding hydrogens is 294 g/mol. The lowest BCUT2D eigenvalue weighted by Crippen LogP contribution is -2.06. The Morgan fingerprint density at radius 3 is 2.09 bits per heavy atom. The Kier molecular flexibility index (Phi) is 5.28. The first-order valence-corrected chi connectivity index (χ1v) is 8.69. The third kappa shape index (κ3) is 4.40. The van der Waals surface area contributed by atoms with E-state index in [0.29, 0.717) is 4.90 Å². The summed E-state index contributed by atoms with van der Waals surface area (Å²) in [6.07, 6.45) is 1.71. The number of para-hydroxylation sites is 1. The van der Waals surface area contributed by atoms with E-state index in [2.05, 4.69) is 4.99 Å². The Morgan fingerprint density at radius 2 is 1.50 bits per heavy atom. The number of benzene rings is 2. The van der Waals surface area contributed by atoms with Crippen LogP contribution >= 0.6 is 0 Å². The van der Waals surface area contributed by atoms with Crippen molar-refractivity contribution in [1.29, 1.82) is 0 Å². The molecular formula is C18H19NO2S. The predicted molar refractivity (Wildman–Crippen MR) is 91.5 cm³/mol. The van der Waals surface area contributed by atoms with Gasteiger partial charge in [-0.2, -0.15) is 0 Å². The predicted octanol–water partition coefficient (Wildman–Crippen LogP) is 4.20. The third-order valence-electron chi connectivity index (χ3n) is 3.33. The van der Waals surface area contributed by atoms with Gasteiger partial charge in [0.25, 0.3) is 0 Å². The molecule has 0 unspecified atom stereocenters. The normalized spacial score (nSPS) is 13.2. The van der Waals surface area contributed by atoms with Crippen LogP contribution in [-0.2, 0) is 9.84 Å². The maximum Gasteiger partial charge on any atom is 0.181 e. The molecule has 4 heteroatoms. The van der Waals surface area contributed by atoms with Gasteiger partial charge in [0.2, 0.25) is 0 Å². The molecule has 0 aromatic heterocycles. The number of aliphatic imine (C=N–C) groups is 1. The Labute approximate surface area is 132 Å². The summed E-state index contributed by atoms with van der Waals surface area (Å²) in [7, 11) is -3.29. The quantitative estimate of drug-likeness (QED) is 0.777. The van der Waals surface area contributed by atoms with Crippen LogP contribution in [0.1, 0.15) is 13.8 Å². The fraction of sp³-hybridized carbons (Fsp3) is 0.167. The Hall–Kier alpha value is -2.20. The van der Waals surface area contributed by atoms with E-state index in [1.165, 1.54) is 0 Å². The highest BCUT2D eigenvalue weighted by atomic mass is 32.2. The third-order valence-corrected chi connectivity index (χ3v) is 4.93. The first-order chi connectivity index (χ1) is 10.5. The lowest BCUT2D eigenvalue weighted by atomic mass is 10.2. The summed E-state index contributed by atoms with van der Waals surface area (Å²) in [6, 6.07) is 18.1. The van der Waals surface area contributed by atoms with Crippen LogP contribution in [-0.4, -0.2) is 19.9 Å². The molecule has 3 nitrogen and oxygen atoms in total. The fourth-order valence-electron chi connectivity index (χ4n) is 1.89. The van der Waals surface area contributed by atoms with Crippen LogP contribution in [0.4, 0.5) is 5.69 Å². The van der Waals surface area contributed by atoms with Crippen LogP contribution < -0.4 is 0 Å². The molecule has 2 aromatic carbocycles. The van der Waals surface area contributed by atoms with Gasteiger partial charge < -0.3 is 0 Å². The first-order valence-electron chi connectivity index (χ1n) is 7.04. The average molecular weight is 313 g/mol. The van der Waals surface area contributed by atoms with E-state index in [-0.39, 0.29) is 5.75 Å². The van der Waals surface area contributed by atoms with E-state index in [0.717, 1.165) is 17.0 Å². The van der Waals surface area contributed by atoms with Crippen molar-refractivity contribution in [3.63, 3.8) is 0 Å². The zero-order valence-electron chi connectivity index (χ0n) is 12.7. The molecule has 2 rings (SSSR count). The minimum absolute atomic E-state index is 0.0233. The van der Waals surface area contributed by atoms with Crippen LogP contribution in [0.3, 0.4) is 0 Å². The standard InChI is InChI=1S/C18H19NO2S/c1-15(16(2)19-17-9-5-3-6-10-17)13-14-22(20,21)18-11-7-4-8-12-18/h3-13H,14H2,1-2H3/b15-13+,19-16?. The number of nitrogens with zero attached hydrogens (tertiary/aromatic N) is 1. The highest BCUT2D eigenvalue weighted by Gasteiger charge is 2.12. The molecule has 114 valence electrons. The summed E-state index contributed by atoms with van der Waals surface area (Å²) in [5, 5.41) is 0. The SMILES string of the molecule is CC(=Nc1ccccc1)/C(C)=C/CS(=O)(=O)c1ccccc1. The van der Waals surface area contributed by atoms with Gasteiger partial charge in [0.15, 0.2) is 9.84 Å². The molecule has 0 saturated carbocycles. The molecule has 2 aromatic rings. The minimum atomic E-state index is -3.29. The summed E-state index contributed by atoms with van der Waals surface area (Å²) in [6.45, 7) is 3.76. The molecule has 0 N–H and O–H groups in total. The van der Waals surface area contributed by atoms with Crippen molar-refractivity contribution in [2.24, 2.45) is 4.99 Å². The van der Waals surface area contributed by atoms with Crippen molar-refractivity contribution in [1.82, 2.24) is 0 Å². The number of allylic oxidation sites excluding steroid dienone is 1. The summed E-state index contributed by atoms with van der Waals surface area (Å²) in [5.41, 5.74) is 2.54. The molecule has 0 aliphatic rings. The van der Waals surface area contributed by atoms with Crippen LogP contribution in [0.15, 0.2) is 82.2 Å². The zero-order chi connectivity index (χ0) is 16.0. The molecule has 0 amide bonds. The maximum absolute atomic E-state index is 12.2. The molecule has 0 radical (unpaired) electrons. The number of hydrogen-bond acceptors (Lipinski definition) is 3. The summed E-state index contributed by atoms with van der Waals surface area (Å²) < 4.78 is 24.5. The molecule has 22 heavy (non-hydrogen) atoms. The molecule has 0 atom stereocenters. The Bertz CT molecular complexity index is 776. The van der Waals surface area contributed by atoms with E-state index in [4.69, 9.17) is 0 Å². The van der Waals surface area contributed by atoms with Crippen LogP contribution in [0.25, 0.3) is 0 Å². The largest absolute Gasteiger partial charge is 0.254 e. The molecule has 0 aliphatic heterocycles.